The molecular formula is C21H20N2O3. The minimum atomic E-state index is -0.123. The lowest BCUT2D eigenvalue weighted by atomic mass is 9.99. The third-order valence-electron chi connectivity index (χ3n) is 5.11. The average molecular weight is 348 g/mol. The first-order valence-electron chi connectivity index (χ1n) is 8.90. The van der Waals surface area contributed by atoms with Gasteiger partial charge in [0.05, 0.1) is 6.54 Å². The van der Waals surface area contributed by atoms with Crippen LogP contribution in [0.4, 0.5) is 0 Å². The van der Waals surface area contributed by atoms with E-state index in [1.165, 1.54) is 16.0 Å². The number of carbonyl (C=O) groups excluding carboxylic acids is 3. The van der Waals surface area contributed by atoms with Gasteiger partial charge in [-0.25, -0.2) is 0 Å². The normalized spacial score (nSPS) is 16.8. The summed E-state index contributed by atoms with van der Waals surface area (Å²) in [5.74, 6) is -0.233. The molecule has 0 N–H and O–H groups in total. The molecule has 1 fully saturated rings. The van der Waals surface area contributed by atoms with Crippen LogP contribution in [0.5, 0.6) is 0 Å². The molecule has 26 heavy (non-hydrogen) atoms. The first kappa shape index (κ1) is 16.5. The number of rotatable bonds is 3. The number of nitrogens with zero attached hydrogens (tertiary/aromatic N) is 2. The van der Waals surface area contributed by atoms with Gasteiger partial charge in [0, 0.05) is 31.5 Å². The number of hydrogen-bond donors (Lipinski definition) is 0. The molecular weight excluding hydrogens is 328 g/mol. The molecule has 2 aromatic carbocycles. The molecule has 0 saturated carbocycles. The molecule has 2 aliphatic heterocycles. The SMILES string of the molecule is O=C(c1ccc(CN2C(=O)CCC2=O)cc1)N1CCc2ccccc2C1. The van der Waals surface area contributed by atoms with Gasteiger partial charge in [0.25, 0.3) is 5.91 Å². The van der Waals surface area contributed by atoms with Crippen LogP contribution in [-0.4, -0.2) is 34.1 Å². The van der Waals surface area contributed by atoms with Gasteiger partial charge < -0.3 is 4.90 Å². The van der Waals surface area contributed by atoms with Crippen LogP contribution < -0.4 is 0 Å². The number of amides is 3. The van der Waals surface area contributed by atoms with Gasteiger partial charge >= 0.3 is 0 Å². The van der Waals surface area contributed by atoms with Crippen LogP contribution in [0.1, 0.15) is 39.9 Å². The zero-order valence-corrected chi connectivity index (χ0v) is 14.5. The fourth-order valence-corrected chi connectivity index (χ4v) is 3.59. The van der Waals surface area contributed by atoms with Crippen molar-refractivity contribution < 1.29 is 14.4 Å². The Morgan fingerprint density at radius 3 is 2.19 bits per heavy atom. The van der Waals surface area contributed by atoms with E-state index in [-0.39, 0.29) is 24.3 Å². The van der Waals surface area contributed by atoms with Gasteiger partial charge in [-0.1, -0.05) is 36.4 Å². The Labute approximate surface area is 152 Å². The predicted molar refractivity (Wildman–Crippen MR) is 96.1 cm³/mol. The summed E-state index contributed by atoms with van der Waals surface area (Å²) in [5.41, 5.74) is 4.00. The summed E-state index contributed by atoms with van der Waals surface area (Å²) < 4.78 is 0. The third-order valence-corrected chi connectivity index (χ3v) is 5.11. The molecule has 5 heteroatoms. The smallest absolute Gasteiger partial charge is 0.254 e. The minimum absolute atomic E-state index is 0.0133. The lowest BCUT2D eigenvalue weighted by Gasteiger charge is -2.29. The van der Waals surface area contributed by atoms with Crippen molar-refractivity contribution in [3.8, 4) is 0 Å². The summed E-state index contributed by atoms with van der Waals surface area (Å²) in [5, 5.41) is 0. The van der Waals surface area contributed by atoms with E-state index < -0.39 is 0 Å². The van der Waals surface area contributed by atoms with Gasteiger partial charge in [0.2, 0.25) is 11.8 Å². The highest BCUT2D eigenvalue weighted by Gasteiger charge is 2.28. The van der Waals surface area contributed by atoms with Crippen LogP contribution >= 0.6 is 0 Å². The van der Waals surface area contributed by atoms with Gasteiger partial charge in [0.15, 0.2) is 0 Å². The number of carbonyl (C=O) groups is 3. The van der Waals surface area contributed by atoms with E-state index in [4.69, 9.17) is 0 Å². The van der Waals surface area contributed by atoms with Crippen LogP contribution in [0.15, 0.2) is 48.5 Å². The van der Waals surface area contributed by atoms with Crippen molar-refractivity contribution in [2.45, 2.75) is 32.4 Å². The highest BCUT2D eigenvalue weighted by atomic mass is 16.2. The molecule has 2 heterocycles. The molecule has 0 aliphatic carbocycles. The van der Waals surface area contributed by atoms with E-state index in [1.807, 2.05) is 29.2 Å². The molecule has 0 unspecified atom stereocenters. The highest BCUT2D eigenvalue weighted by molar-refractivity contribution is 6.01. The maximum Gasteiger partial charge on any atom is 0.254 e. The van der Waals surface area contributed by atoms with Gasteiger partial charge in [-0.15, -0.1) is 0 Å². The quantitative estimate of drug-likeness (QED) is 0.801. The zero-order chi connectivity index (χ0) is 18.1. The Balaban J connectivity index is 1.44. The lowest BCUT2D eigenvalue weighted by molar-refractivity contribution is -0.139. The molecule has 0 aromatic heterocycles. The molecule has 132 valence electrons. The molecule has 0 atom stereocenters. The molecule has 0 spiro atoms. The van der Waals surface area contributed by atoms with E-state index in [0.29, 0.717) is 31.5 Å². The maximum atomic E-state index is 12.8. The summed E-state index contributed by atoms with van der Waals surface area (Å²) >= 11 is 0. The van der Waals surface area contributed by atoms with Crippen LogP contribution in [-0.2, 0) is 29.1 Å². The maximum absolute atomic E-state index is 12.8. The second kappa shape index (κ2) is 6.75. The number of hydrogen-bond acceptors (Lipinski definition) is 3. The second-order valence-corrected chi connectivity index (χ2v) is 6.82. The third kappa shape index (κ3) is 3.12. The second-order valence-electron chi connectivity index (χ2n) is 6.82. The summed E-state index contributed by atoms with van der Waals surface area (Å²) in [4.78, 5) is 39.4. The Morgan fingerprint density at radius 2 is 1.50 bits per heavy atom. The highest BCUT2D eigenvalue weighted by Crippen LogP contribution is 2.21. The summed E-state index contributed by atoms with van der Waals surface area (Å²) in [6.07, 6.45) is 1.47. The minimum Gasteiger partial charge on any atom is -0.334 e. The first-order valence-corrected chi connectivity index (χ1v) is 8.90. The topological polar surface area (TPSA) is 57.7 Å². The Bertz CT molecular complexity index is 857. The number of likely N-dealkylation sites (tertiary alicyclic amines) is 1. The molecule has 4 rings (SSSR count). The summed E-state index contributed by atoms with van der Waals surface area (Å²) in [6.45, 7) is 1.63. The fraction of sp³-hybridized carbons (Fsp3) is 0.286. The lowest BCUT2D eigenvalue weighted by Crippen LogP contribution is -2.35. The van der Waals surface area contributed by atoms with Crippen LogP contribution in [0.25, 0.3) is 0 Å². The molecule has 1 saturated heterocycles. The van der Waals surface area contributed by atoms with E-state index in [9.17, 15) is 14.4 Å². The fourth-order valence-electron chi connectivity index (χ4n) is 3.59. The van der Waals surface area contributed by atoms with Gasteiger partial charge in [-0.3, -0.25) is 19.3 Å². The number of imide groups is 1. The van der Waals surface area contributed by atoms with Gasteiger partial charge in [-0.05, 0) is 35.2 Å². The van der Waals surface area contributed by atoms with Crippen molar-refractivity contribution in [1.82, 2.24) is 9.80 Å². The van der Waals surface area contributed by atoms with Crippen molar-refractivity contribution >= 4 is 17.7 Å². The van der Waals surface area contributed by atoms with Crippen molar-refractivity contribution in [2.24, 2.45) is 0 Å². The first-order chi connectivity index (χ1) is 12.6. The molecule has 2 aromatic rings. The van der Waals surface area contributed by atoms with E-state index in [1.54, 1.807) is 12.1 Å². The summed E-state index contributed by atoms with van der Waals surface area (Å²) in [6, 6.07) is 15.4. The Morgan fingerprint density at radius 1 is 0.846 bits per heavy atom. The molecule has 5 nitrogen and oxygen atoms in total. The van der Waals surface area contributed by atoms with Crippen LogP contribution in [0, 0.1) is 0 Å². The average Bonchev–Trinajstić information content (AvgIpc) is 2.99. The molecule has 3 amide bonds. The Hall–Kier alpha value is -2.95. The van der Waals surface area contributed by atoms with Crippen molar-refractivity contribution in [3.05, 3.63) is 70.8 Å². The van der Waals surface area contributed by atoms with Gasteiger partial charge in [-0.2, -0.15) is 0 Å². The molecule has 0 radical (unpaired) electrons. The monoisotopic (exact) mass is 348 g/mol. The van der Waals surface area contributed by atoms with E-state index in [2.05, 4.69) is 12.1 Å². The van der Waals surface area contributed by atoms with Crippen molar-refractivity contribution in [3.63, 3.8) is 0 Å². The van der Waals surface area contributed by atoms with Gasteiger partial charge in [0.1, 0.15) is 0 Å². The largest absolute Gasteiger partial charge is 0.334 e. The van der Waals surface area contributed by atoms with E-state index in [0.717, 1.165) is 12.0 Å². The standard InChI is InChI=1S/C21H20N2O3/c24-19-9-10-20(25)23(19)13-15-5-7-17(8-6-15)21(26)22-12-11-16-3-1-2-4-18(16)14-22/h1-8H,9-14H2. The summed E-state index contributed by atoms with van der Waals surface area (Å²) in [7, 11) is 0. The molecule has 2 aliphatic rings. The zero-order valence-electron chi connectivity index (χ0n) is 14.5. The van der Waals surface area contributed by atoms with E-state index >= 15 is 0 Å². The molecule has 0 bridgehead atoms. The van der Waals surface area contributed by atoms with Crippen molar-refractivity contribution in [2.75, 3.05) is 6.54 Å². The Kier molecular flexibility index (Phi) is 4.29. The van der Waals surface area contributed by atoms with Crippen LogP contribution in [0.2, 0.25) is 0 Å². The number of benzene rings is 2. The van der Waals surface area contributed by atoms with Crippen LogP contribution in [0.3, 0.4) is 0 Å². The van der Waals surface area contributed by atoms with Crippen molar-refractivity contribution in [1.29, 1.82) is 0 Å². The number of fused-ring (bicyclic) bond motifs is 1. The predicted octanol–water partition coefficient (Wildman–Crippen LogP) is 2.53.